The maximum Gasteiger partial charge on any atom is 0.335 e. The molecule has 110 valence electrons. The van der Waals surface area contributed by atoms with E-state index in [1.807, 2.05) is 0 Å². The molecule has 0 bridgehead atoms. The van der Waals surface area contributed by atoms with Crippen molar-refractivity contribution < 1.29 is 24.2 Å². The molecule has 1 aromatic carbocycles. The molecule has 0 saturated heterocycles. The molecule has 0 spiro atoms. The third-order valence-corrected chi connectivity index (χ3v) is 3.34. The fourth-order valence-corrected chi connectivity index (χ4v) is 2.06. The van der Waals surface area contributed by atoms with Gasteiger partial charge in [-0.25, -0.2) is 4.79 Å². The van der Waals surface area contributed by atoms with E-state index in [1.54, 1.807) is 25.1 Å². The van der Waals surface area contributed by atoms with Gasteiger partial charge in [-0.3, -0.25) is 9.59 Å². The van der Waals surface area contributed by atoms with Crippen LogP contribution in [-0.4, -0.2) is 29.4 Å². The summed E-state index contributed by atoms with van der Waals surface area (Å²) in [5.41, 5.74) is 0.935. The molecular formula is C16H16O5. The molecule has 2 rings (SSSR count). The highest BCUT2D eigenvalue weighted by Crippen LogP contribution is 2.40. The number of allylic oxidation sites excluding steroid dienone is 1. The third kappa shape index (κ3) is 3.78. The van der Waals surface area contributed by atoms with Crippen LogP contribution >= 0.6 is 0 Å². The van der Waals surface area contributed by atoms with Crippen LogP contribution in [0.5, 0.6) is 0 Å². The molecule has 21 heavy (non-hydrogen) atoms. The molecule has 1 N–H and O–H groups in total. The summed E-state index contributed by atoms with van der Waals surface area (Å²) in [6.45, 7) is 2.06. The zero-order valence-corrected chi connectivity index (χ0v) is 11.6. The number of hydrogen-bond acceptors (Lipinski definition) is 4. The van der Waals surface area contributed by atoms with Crippen LogP contribution in [-0.2, 0) is 14.3 Å². The minimum Gasteiger partial charge on any atom is -0.478 e. The minimum atomic E-state index is -0.989. The lowest BCUT2D eigenvalue weighted by molar-refractivity contribution is -0.145. The Hall–Kier alpha value is -2.43. The van der Waals surface area contributed by atoms with Crippen molar-refractivity contribution in [2.24, 2.45) is 11.8 Å². The van der Waals surface area contributed by atoms with E-state index in [-0.39, 0.29) is 29.2 Å². The first kappa shape index (κ1) is 15.0. The average Bonchev–Trinajstić information content (AvgIpc) is 3.26. The smallest absolute Gasteiger partial charge is 0.335 e. The molecule has 2 atom stereocenters. The van der Waals surface area contributed by atoms with Crippen LogP contribution in [0.1, 0.15) is 29.3 Å². The Morgan fingerprint density at radius 2 is 1.90 bits per heavy atom. The minimum absolute atomic E-state index is 0.102. The lowest BCUT2D eigenvalue weighted by Gasteiger charge is -1.99. The van der Waals surface area contributed by atoms with Gasteiger partial charge in [0.1, 0.15) is 0 Å². The number of carboxylic acid groups (broad SMARTS) is 1. The van der Waals surface area contributed by atoms with Gasteiger partial charge in [0.05, 0.1) is 18.1 Å². The molecule has 1 saturated carbocycles. The van der Waals surface area contributed by atoms with Gasteiger partial charge in [-0.15, -0.1) is 0 Å². The third-order valence-electron chi connectivity index (χ3n) is 3.34. The monoisotopic (exact) mass is 288 g/mol. The number of carbonyl (C=O) groups excluding carboxylic acids is 2. The number of rotatable bonds is 6. The van der Waals surface area contributed by atoms with Crippen molar-refractivity contribution in [3.63, 3.8) is 0 Å². The number of benzene rings is 1. The number of ketones is 1. The number of esters is 1. The van der Waals surface area contributed by atoms with Gasteiger partial charge in [-0.1, -0.05) is 18.2 Å². The fraction of sp³-hybridized carbons (Fsp3) is 0.312. The van der Waals surface area contributed by atoms with Crippen molar-refractivity contribution >= 4 is 23.8 Å². The summed E-state index contributed by atoms with van der Waals surface area (Å²) in [6, 6.07) is 6.21. The summed E-state index contributed by atoms with van der Waals surface area (Å²) in [5, 5.41) is 8.78. The van der Waals surface area contributed by atoms with Crippen molar-refractivity contribution in [3.8, 4) is 0 Å². The molecule has 5 nitrogen and oxygen atoms in total. The molecule has 1 aromatic rings. The van der Waals surface area contributed by atoms with E-state index in [0.717, 1.165) is 5.56 Å². The molecule has 0 amide bonds. The van der Waals surface area contributed by atoms with Crippen molar-refractivity contribution in [1.82, 2.24) is 0 Å². The maximum atomic E-state index is 11.9. The van der Waals surface area contributed by atoms with Crippen LogP contribution < -0.4 is 0 Å². The maximum absolute atomic E-state index is 11.9. The van der Waals surface area contributed by atoms with E-state index in [2.05, 4.69) is 0 Å². The molecule has 0 heterocycles. The normalized spacial score (nSPS) is 20.2. The lowest BCUT2D eigenvalue weighted by atomic mass is 10.1. The predicted molar refractivity (Wildman–Crippen MR) is 75.7 cm³/mol. The van der Waals surface area contributed by atoms with E-state index < -0.39 is 5.97 Å². The molecule has 1 fully saturated rings. The molecule has 0 aliphatic heterocycles. The van der Waals surface area contributed by atoms with Crippen LogP contribution in [0.3, 0.4) is 0 Å². The SMILES string of the molecule is CCOC(=O)[C@H]1C[C@@H]1C(=O)/C=C/c1ccc(C(=O)O)cc1. The van der Waals surface area contributed by atoms with Gasteiger partial charge in [-0.2, -0.15) is 0 Å². The van der Waals surface area contributed by atoms with Crippen molar-refractivity contribution in [2.75, 3.05) is 6.61 Å². The summed E-state index contributed by atoms with van der Waals surface area (Å²) in [6.07, 6.45) is 3.59. The predicted octanol–water partition coefficient (Wildman–Crippen LogP) is 2.17. The van der Waals surface area contributed by atoms with E-state index in [0.29, 0.717) is 13.0 Å². The number of aromatic carboxylic acids is 1. The van der Waals surface area contributed by atoms with Gasteiger partial charge < -0.3 is 9.84 Å². The number of hydrogen-bond donors (Lipinski definition) is 1. The van der Waals surface area contributed by atoms with Gasteiger partial charge in [0.2, 0.25) is 0 Å². The standard InChI is InChI=1S/C16H16O5/c1-2-21-16(20)13-9-12(13)14(17)8-5-10-3-6-11(7-4-10)15(18)19/h3-8,12-13H,2,9H2,1H3,(H,18,19)/b8-5+/t12-,13-/m0/s1. The summed E-state index contributed by atoms with van der Waals surface area (Å²) in [7, 11) is 0. The fourth-order valence-electron chi connectivity index (χ4n) is 2.06. The highest BCUT2D eigenvalue weighted by atomic mass is 16.5. The first-order valence-corrected chi connectivity index (χ1v) is 6.75. The van der Waals surface area contributed by atoms with Crippen LogP contribution in [0.2, 0.25) is 0 Å². The topological polar surface area (TPSA) is 80.7 Å². The van der Waals surface area contributed by atoms with Crippen molar-refractivity contribution in [3.05, 3.63) is 41.5 Å². The number of carbonyl (C=O) groups is 3. The van der Waals surface area contributed by atoms with E-state index in [4.69, 9.17) is 9.84 Å². The lowest BCUT2D eigenvalue weighted by Crippen LogP contribution is -2.10. The Labute approximate surface area is 122 Å². The summed E-state index contributed by atoms with van der Waals surface area (Å²) in [4.78, 5) is 34.0. The van der Waals surface area contributed by atoms with Gasteiger partial charge >= 0.3 is 11.9 Å². The Morgan fingerprint density at radius 1 is 1.24 bits per heavy atom. The summed E-state index contributed by atoms with van der Waals surface area (Å²) < 4.78 is 4.87. The Kier molecular flexibility index (Phi) is 4.52. The summed E-state index contributed by atoms with van der Waals surface area (Å²) >= 11 is 0. The van der Waals surface area contributed by atoms with Gasteiger partial charge in [0.25, 0.3) is 0 Å². The Balaban J connectivity index is 1.91. The molecular weight excluding hydrogens is 272 g/mol. The Bertz CT molecular complexity index is 585. The van der Waals surface area contributed by atoms with E-state index >= 15 is 0 Å². The number of ether oxygens (including phenoxy) is 1. The second kappa shape index (κ2) is 6.35. The molecule has 1 aliphatic carbocycles. The zero-order chi connectivity index (χ0) is 15.4. The number of carboxylic acids is 1. The van der Waals surface area contributed by atoms with Crippen LogP contribution in [0.4, 0.5) is 0 Å². The van der Waals surface area contributed by atoms with Crippen molar-refractivity contribution in [2.45, 2.75) is 13.3 Å². The highest BCUT2D eigenvalue weighted by Gasteiger charge is 2.47. The van der Waals surface area contributed by atoms with E-state index in [9.17, 15) is 14.4 Å². The summed E-state index contributed by atoms with van der Waals surface area (Å²) in [5.74, 6) is -1.99. The Morgan fingerprint density at radius 3 is 2.48 bits per heavy atom. The van der Waals surface area contributed by atoms with Crippen LogP contribution in [0, 0.1) is 11.8 Å². The van der Waals surface area contributed by atoms with Crippen LogP contribution in [0.25, 0.3) is 6.08 Å². The van der Waals surface area contributed by atoms with Gasteiger partial charge in [0, 0.05) is 5.92 Å². The average molecular weight is 288 g/mol. The molecule has 0 aromatic heterocycles. The zero-order valence-electron chi connectivity index (χ0n) is 11.6. The van der Waals surface area contributed by atoms with Gasteiger partial charge in [-0.05, 0) is 37.1 Å². The highest BCUT2D eigenvalue weighted by molar-refractivity contribution is 6.00. The first-order chi connectivity index (χ1) is 10.0. The molecule has 0 radical (unpaired) electrons. The molecule has 5 heteroatoms. The van der Waals surface area contributed by atoms with E-state index in [1.165, 1.54) is 18.2 Å². The van der Waals surface area contributed by atoms with Crippen molar-refractivity contribution in [1.29, 1.82) is 0 Å². The first-order valence-electron chi connectivity index (χ1n) is 6.75. The van der Waals surface area contributed by atoms with Gasteiger partial charge in [0.15, 0.2) is 5.78 Å². The second-order valence-corrected chi connectivity index (χ2v) is 4.86. The van der Waals surface area contributed by atoms with Crippen LogP contribution in [0.15, 0.2) is 30.3 Å². The quantitative estimate of drug-likeness (QED) is 0.641. The largest absolute Gasteiger partial charge is 0.478 e. The second-order valence-electron chi connectivity index (χ2n) is 4.86. The molecule has 1 aliphatic rings. The molecule has 0 unspecified atom stereocenters.